The Bertz CT molecular complexity index is 1110. The molecule has 0 aliphatic rings. The number of aromatic nitrogens is 1. The van der Waals surface area contributed by atoms with E-state index in [1.807, 2.05) is 79.7 Å². The van der Waals surface area contributed by atoms with Gasteiger partial charge in [-0.15, -0.1) is 0 Å². The third kappa shape index (κ3) is 4.43. The van der Waals surface area contributed by atoms with Gasteiger partial charge in [-0.2, -0.15) is 0 Å². The van der Waals surface area contributed by atoms with Gasteiger partial charge in [0.05, 0.1) is 0 Å². The topological polar surface area (TPSA) is 55.1 Å². The van der Waals surface area contributed by atoms with E-state index in [0.717, 1.165) is 27.8 Å². The molecule has 0 fully saturated rings. The molecule has 1 heterocycles. The molecule has 0 unspecified atom stereocenters. The van der Waals surface area contributed by atoms with Gasteiger partial charge in [0.15, 0.2) is 5.58 Å². The number of benzene rings is 3. The molecule has 4 aromatic rings. The highest BCUT2D eigenvalue weighted by atomic mass is 32.2. The number of fused-ring (bicyclic) bond motifs is 1. The minimum absolute atomic E-state index is 0.0759. The van der Waals surface area contributed by atoms with Gasteiger partial charge in [-0.05, 0) is 47.9 Å². The van der Waals surface area contributed by atoms with Crippen LogP contribution in [0.3, 0.4) is 0 Å². The third-order valence-electron chi connectivity index (χ3n) is 4.37. The fourth-order valence-electron chi connectivity index (χ4n) is 2.91. The zero-order valence-electron chi connectivity index (χ0n) is 15.5. The number of thioether (sulfide) groups is 1. The van der Waals surface area contributed by atoms with Gasteiger partial charge in [-0.3, -0.25) is 4.79 Å². The second-order valence-electron chi connectivity index (χ2n) is 6.61. The second kappa shape index (κ2) is 8.31. The summed E-state index contributed by atoms with van der Waals surface area (Å²) in [6.07, 6.45) is 0. The van der Waals surface area contributed by atoms with Gasteiger partial charge in [-0.25, -0.2) is 4.98 Å². The van der Waals surface area contributed by atoms with Gasteiger partial charge in [0.1, 0.15) is 5.52 Å². The molecule has 4 nitrogen and oxygen atoms in total. The molecule has 28 heavy (non-hydrogen) atoms. The number of hydrogen-bond donors (Lipinski definition) is 1. The normalized spacial score (nSPS) is 10.9. The molecule has 0 spiro atoms. The SMILES string of the molecule is Cc1ccc2oc(SCc3cccc(C(=O)NCc4ccccc4)c3)nc2c1. The number of carbonyl (C=O) groups is 1. The van der Waals surface area contributed by atoms with Crippen molar-refractivity contribution >= 4 is 28.8 Å². The van der Waals surface area contributed by atoms with Crippen LogP contribution in [0.5, 0.6) is 0 Å². The van der Waals surface area contributed by atoms with Crippen LogP contribution in [0.1, 0.15) is 27.0 Å². The maximum absolute atomic E-state index is 12.4. The summed E-state index contributed by atoms with van der Waals surface area (Å²) in [5.74, 6) is 0.610. The molecule has 1 N–H and O–H groups in total. The van der Waals surface area contributed by atoms with E-state index in [4.69, 9.17) is 4.42 Å². The molecule has 1 amide bonds. The van der Waals surface area contributed by atoms with Crippen LogP contribution in [-0.2, 0) is 12.3 Å². The average Bonchev–Trinajstić information content (AvgIpc) is 3.13. The number of nitrogens with one attached hydrogen (secondary N) is 1. The highest BCUT2D eigenvalue weighted by Crippen LogP contribution is 2.27. The predicted octanol–water partition coefficient (Wildman–Crippen LogP) is 5.36. The average molecular weight is 388 g/mol. The van der Waals surface area contributed by atoms with Crippen LogP contribution in [0, 0.1) is 6.92 Å². The van der Waals surface area contributed by atoms with E-state index in [0.29, 0.717) is 23.1 Å². The number of rotatable bonds is 6. The van der Waals surface area contributed by atoms with Crippen LogP contribution in [0.15, 0.2) is 82.4 Å². The Morgan fingerprint density at radius 3 is 2.68 bits per heavy atom. The van der Waals surface area contributed by atoms with E-state index >= 15 is 0 Å². The fraction of sp³-hybridized carbons (Fsp3) is 0.130. The fourth-order valence-corrected chi connectivity index (χ4v) is 3.69. The largest absolute Gasteiger partial charge is 0.431 e. The zero-order chi connectivity index (χ0) is 19.3. The van der Waals surface area contributed by atoms with Crippen molar-refractivity contribution in [3.05, 3.63) is 95.1 Å². The summed E-state index contributed by atoms with van der Waals surface area (Å²) < 4.78 is 5.78. The summed E-state index contributed by atoms with van der Waals surface area (Å²) in [6.45, 7) is 2.55. The lowest BCUT2D eigenvalue weighted by molar-refractivity contribution is 0.0951. The summed E-state index contributed by atoms with van der Waals surface area (Å²) in [5, 5.41) is 3.60. The lowest BCUT2D eigenvalue weighted by atomic mass is 10.1. The molecule has 0 aliphatic heterocycles. The third-order valence-corrected chi connectivity index (χ3v) is 5.27. The Kier molecular flexibility index (Phi) is 5.44. The van der Waals surface area contributed by atoms with Gasteiger partial charge in [0.2, 0.25) is 0 Å². The summed E-state index contributed by atoms with van der Waals surface area (Å²) in [7, 11) is 0. The van der Waals surface area contributed by atoms with E-state index in [9.17, 15) is 4.79 Å². The first-order valence-corrected chi connectivity index (χ1v) is 10.1. The van der Waals surface area contributed by atoms with Crippen LogP contribution in [0.2, 0.25) is 0 Å². The van der Waals surface area contributed by atoms with E-state index in [2.05, 4.69) is 10.3 Å². The summed E-state index contributed by atoms with van der Waals surface area (Å²) in [4.78, 5) is 17.0. The molecule has 4 rings (SSSR count). The van der Waals surface area contributed by atoms with Crippen molar-refractivity contribution in [2.24, 2.45) is 0 Å². The van der Waals surface area contributed by atoms with Crippen molar-refractivity contribution in [3.8, 4) is 0 Å². The van der Waals surface area contributed by atoms with Crippen molar-refractivity contribution < 1.29 is 9.21 Å². The van der Waals surface area contributed by atoms with Gasteiger partial charge < -0.3 is 9.73 Å². The minimum atomic E-state index is -0.0759. The van der Waals surface area contributed by atoms with E-state index in [1.165, 1.54) is 11.8 Å². The summed E-state index contributed by atoms with van der Waals surface area (Å²) in [6, 6.07) is 23.5. The van der Waals surface area contributed by atoms with Crippen molar-refractivity contribution in [2.45, 2.75) is 24.4 Å². The molecule has 5 heteroatoms. The van der Waals surface area contributed by atoms with Crippen LogP contribution >= 0.6 is 11.8 Å². The molecular weight excluding hydrogens is 368 g/mol. The molecule has 1 aromatic heterocycles. The maximum atomic E-state index is 12.4. The quantitative estimate of drug-likeness (QED) is 0.452. The second-order valence-corrected chi connectivity index (χ2v) is 7.53. The monoisotopic (exact) mass is 388 g/mol. The van der Waals surface area contributed by atoms with Crippen LogP contribution in [0.25, 0.3) is 11.1 Å². The molecular formula is C23H20N2O2S. The molecule has 0 saturated heterocycles. The van der Waals surface area contributed by atoms with E-state index in [1.54, 1.807) is 0 Å². The lowest BCUT2D eigenvalue weighted by Crippen LogP contribution is -2.22. The standard InChI is InChI=1S/C23H20N2O2S/c1-16-10-11-21-20(12-16)25-23(27-21)28-15-18-8-5-9-19(13-18)22(26)24-14-17-6-3-2-4-7-17/h2-13H,14-15H2,1H3,(H,24,26). The Balaban J connectivity index is 1.39. The molecule has 3 aromatic carbocycles. The summed E-state index contributed by atoms with van der Waals surface area (Å²) >= 11 is 1.53. The van der Waals surface area contributed by atoms with Gasteiger partial charge in [0, 0.05) is 17.9 Å². The number of amides is 1. The number of carbonyl (C=O) groups excluding carboxylic acids is 1. The number of oxazole rings is 1. The van der Waals surface area contributed by atoms with Crippen LogP contribution in [0.4, 0.5) is 0 Å². The van der Waals surface area contributed by atoms with Crippen molar-refractivity contribution in [3.63, 3.8) is 0 Å². The van der Waals surface area contributed by atoms with Gasteiger partial charge in [0.25, 0.3) is 11.1 Å². The predicted molar refractivity (Wildman–Crippen MR) is 112 cm³/mol. The van der Waals surface area contributed by atoms with Crippen molar-refractivity contribution in [1.29, 1.82) is 0 Å². The Labute approximate surface area is 168 Å². The van der Waals surface area contributed by atoms with E-state index < -0.39 is 0 Å². The highest BCUT2D eigenvalue weighted by molar-refractivity contribution is 7.98. The molecule has 0 saturated carbocycles. The maximum Gasteiger partial charge on any atom is 0.257 e. The molecule has 0 atom stereocenters. The van der Waals surface area contributed by atoms with Crippen molar-refractivity contribution in [2.75, 3.05) is 0 Å². The zero-order valence-corrected chi connectivity index (χ0v) is 16.3. The highest BCUT2D eigenvalue weighted by Gasteiger charge is 2.09. The van der Waals surface area contributed by atoms with Gasteiger partial charge >= 0.3 is 0 Å². The summed E-state index contributed by atoms with van der Waals surface area (Å²) in [5.41, 5.74) is 5.61. The molecule has 0 bridgehead atoms. The number of hydrogen-bond acceptors (Lipinski definition) is 4. The minimum Gasteiger partial charge on any atom is -0.431 e. The first-order chi connectivity index (χ1) is 13.7. The first-order valence-electron chi connectivity index (χ1n) is 9.08. The first kappa shape index (κ1) is 18.3. The Hall–Kier alpha value is -3.05. The lowest BCUT2D eigenvalue weighted by Gasteiger charge is -2.07. The van der Waals surface area contributed by atoms with Crippen LogP contribution in [-0.4, -0.2) is 10.9 Å². The smallest absolute Gasteiger partial charge is 0.257 e. The van der Waals surface area contributed by atoms with E-state index in [-0.39, 0.29) is 5.91 Å². The molecule has 140 valence electrons. The number of nitrogens with zero attached hydrogens (tertiary/aromatic N) is 1. The Morgan fingerprint density at radius 2 is 1.82 bits per heavy atom. The molecule has 0 radical (unpaired) electrons. The van der Waals surface area contributed by atoms with Crippen LogP contribution < -0.4 is 5.32 Å². The van der Waals surface area contributed by atoms with Crippen molar-refractivity contribution in [1.82, 2.24) is 10.3 Å². The van der Waals surface area contributed by atoms with Gasteiger partial charge in [-0.1, -0.05) is 60.3 Å². The Morgan fingerprint density at radius 1 is 1.00 bits per heavy atom. The molecule has 0 aliphatic carbocycles. The number of aryl methyl sites for hydroxylation is 1.